The number of carbonyl (C=O) groups excluding carboxylic acids is 1. The van der Waals surface area contributed by atoms with Crippen LogP contribution in [0.25, 0.3) is 0 Å². The molecule has 0 aliphatic carbocycles. The van der Waals surface area contributed by atoms with E-state index in [1.165, 1.54) is 0 Å². The molecule has 2 unspecified atom stereocenters. The average Bonchev–Trinajstić information content (AvgIpc) is 2.74. The number of morpholine rings is 1. The zero-order chi connectivity index (χ0) is 19.4. The van der Waals surface area contributed by atoms with E-state index < -0.39 is 0 Å². The molecule has 2 fully saturated rings. The molecule has 0 bridgehead atoms. The third-order valence-corrected chi connectivity index (χ3v) is 6.34. The van der Waals surface area contributed by atoms with E-state index in [1.54, 1.807) is 0 Å². The number of hydrogen-bond acceptors (Lipinski definition) is 5. The molecule has 2 atom stereocenters. The monoisotopic (exact) mass is 388 g/mol. The van der Waals surface area contributed by atoms with Crippen molar-refractivity contribution >= 4 is 5.91 Å². The second-order valence-electron chi connectivity index (χ2n) is 8.24. The molecule has 1 aromatic carbocycles. The van der Waals surface area contributed by atoms with Gasteiger partial charge in [-0.25, -0.2) is 0 Å². The maximum atomic E-state index is 11.8. The first-order chi connectivity index (χ1) is 13.7. The summed E-state index contributed by atoms with van der Waals surface area (Å²) in [5.41, 5.74) is -0.178. The largest absolute Gasteiger partial charge is 0.486 e. The molecule has 1 aromatic rings. The Labute approximate surface area is 167 Å². The minimum absolute atomic E-state index is 0.0314. The maximum Gasteiger partial charge on any atom is 0.246 e. The Hall–Kier alpha value is -1.79. The smallest absolute Gasteiger partial charge is 0.246 e. The summed E-state index contributed by atoms with van der Waals surface area (Å²) >= 11 is 0. The predicted octanol–water partition coefficient (Wildman–Crippen LogP) is 2.76. The number of carbonyl (C=O) groups is 1. The number of para-hydroxylation sites is 2. The molecule has 2 saturated heterocycles. The molecular formula is C22H32N2O4. The van der Waals surface area contributed by atoms with Crippen molar-refractivity contribution in [3.8, 4) is 11.5 Å². The molecule has 1 spiro atoms. The van der Waals surface area contributed by atoms with E-state index in [0.717, 1.165) is 69.7 Å². The van der Waals surface area contributed by atoms with Gasteiger partial charge in [0.05, 0.1) is 11.6 Å². The topological polar surface area (TPSA) is 60.0 Å². The lowest BCUT2D eigenvalue weighted by molar-refractivity contribution is -0.162. The number of likely N-dealkylation sites (tertiary alicyclic amines) is 1. The molecule has 6 heteroatoms. The van der Waals surface area contributed by atoms with Gasteiger partial charge in [0.25, 0.3) is 0 Å². The quantitative estimate of drug-likeness (QED) is 0.812. The first kappa shape index (κ1) is 19.5. The number of hydrogen-bond donors (Lipinski definition) is 1. The fraction of sp³-hybridized carbons (Fsp3) is 0.682. The van der Waals surface area contributed by atoms with Crippen molar-refractivity contribution in [3.05, 3.63) is 24.3 Å². The lowest BCUT2D eigenvalue weighted by Crippen LogP contribution is -2.63. The normalized spacial score (nSPS) is 26.8. The van der Waals surface area contributed by atoms with Gasteiger partial charge in [-0.3, -0.25) is 4.79 Å². The van der Waals surface area contributed by atoms with Crippen LogP contribution in [-0.4, -0.2) is 61.4 Å². The van der Waals surface area contributed by atoms with Gasteiger partial charge in [0.1, 0.15) is 19.3 Å². The SMILES string of the molecule is CCCCC1NC(=O)COC12CCN(CCC1COc3ccccc3O1)CC2. The number of amides is 1. The summed E-state index contributed by atoms with van der Waals surface area (Å²) in [4.78, 5) is 14.3. The molecule has 3 heterocycles. The zero-order valence-corrected chi connectivity index (χ0v) is 16.8. The van der Waals surface area contributed by atoms with Crippen LogP contribution in [-0.2, 0) is 9.53 Å². The number of fused-ring (bicyclic) bond motifs is 1. The molecule has 0 radical (unpaired) electrons. The summed E-state index contributed by atoms with van der Waals surface area (Å²) in [5, 5.41) is 3.20. The third kappa shape index (κ3) is 4.28. The Kier molecular flexibility index (Phi) is 6.07. The van der Waals surface area contributed by atoms with Gasteiger partial charge in [-0.05, 0) is 31.4 Å². The highest BCUT2D eigenvalue weighted by atomic mass is 16.6. The number of unbranched alkanes of at least 4 members (excludes halogenated alkanes) is 1. The van der Waals surface area contributed by atoms with Gasteiger partial charge in [-0.2, -0.15) is 0 Å². The van der Waals surface area contributed by atoms with Gasteiger partial charge in [0.2, 0.25) is 5.91 Å². The lowest BCUT2D eigenvalue weighted by atomic mass is 9.80. The van der Waals surface area contributed by atoms with Crippen molar-refractivity contribution < 1.29 is 19.0 Å². The van der Waals surface area contributed by atoms with Crippen molar-refractivity contribution in [1.29, 1.82) is 0 Å². The van der Waals surface area contributed by atoms with Crippen molar-refractivity contribution in [2.75, 3.05) is 32.8 Å². The first-order valence-corrected chi connectivity index (χ1v) is 10.7. The molecule has 28 heavy (non-hydrogen) atoms. The van der Waals surface area contributed by atoms with Gasteiger partial charge < -0.3 is 24.4 Å². The van der Waals surface area contributed by atoms with Crippen molar-refractivity contribution in [3.63, 3.8) is 0 Å². The lowest BCUT2D eigenvalue weighted by Gasteiger charge is -2.49. The van der Waals surface area contributed by atoms with E-state index in [-0.39, 0.29) is 30.3 Å². The molecule has 1 amide bonds. The molecule has 1 N–H and O–H groups in total. The highest BCUT2D eigenvalue weighted by Gasteiger charge is 2.45. The van der Waals surface area contributed by atoms with Crippen LogP contribution in [0.2, 0.25) is 0 Å². The molecular weight excluding hydrogens is 356 g/mol. The highest BCUT2D eigenvalue weighted by Crippen LogP contribution is 2.35. The van der Waals surface area contributed by atoms with Crippen LogP contribution in [0.5, 0.6) is 11.5 Å². The second-order valence-corrected chi connectivity index (χ2v) is 8.24. The van der Waals surface area contributed by atoms with E-state index in [9.17, 15) is 4.79 Å². The standard InChI is InChI=1S/C22H32N2O4/c1-2-3-8-20-22(27-16-21(25)23-20)10-13-24(14-11-22)12-9-17-15-26-18-6-4-5-7-19(18)28-17/h4-7,17,20H,2-3,8-16H2,1H3,(H,23,25). The van der Waals surface area contributed by atoms with E-state index in [2.05, 4.69) is 17.1 Å². The van der Waals surface area contributed by atoms with E-state index in [4.69, 9.17) is 14.2 Å². The van der Waals surface area contributed by atoms with Crippen LogP contribution < -0.4 is 14.8 Å². The predicted molar refractivity (Wildman–Crippen MR) is 107 cm³/mol. The Bertz CT molecular complexity index is 672. The summed E-state index contributed by atoms with van der Waals surface area (Å²) in [5.74, 6) is 1.72. The number of ether oxygens (including phenoxy) is 3. The summed E-state index contributed by atoms with van der Waals surface area (Å²) in [6.45, 7) is 6.01. The Morgan fingerprint density at radius 3 is 2.75 bits per heavy atom. The average molecular weight is 389 g/mol. The van der Waals surface area contributed by atoms with Crippen LogP contribution in [0.3, 0.4) is 0 Å². The molecule has 0 aromatic heterocycles. The fourth-order valence-electron chi connectivity index (χ4n) is 4.60. The van der Waals surface area contributed by atoms with Crippen molar-refractivity contribution in [1.82, 2.24) is 10.2 Å². The van der Waals surface area contributed by atoms with Crippen LogP contribution in [0.1, 0.15) is 45.4 Å². The van der Waals surface area contributed by atoms with Crippen LogP contribution >= 0.6 is 0 Å². The van der Waals surface area contributed by atoms with E-state index in [1.807, 2.05) is 24.3 Å². The molecule has 3 aliphatic rings. The summed E-state index contributed by atoms with van der Waals surface area (Å²) < 4.78 is 18.0. The molecule has 4 rings (SSSR count). The van der Waals surface area contributed by atoms with Crippen LogP contribution in [0.15, 0.2) is 24.3 Å². The highest BCUT2D eigenvalue weighted by molar-refractivity contribution is 5.78. The minimum Gasteiger partial charge on any atom is -0.486 e. The van der Waals surface area contributed by atoms with Crippen LogP contribution in [0, 0.1) is 0 Å². The zero-order valence-electron chi connectivity index (χ0n) is 16.8. The van der Waals surface area contributed by atoms with Gasteiger partial charge >= 0.3 is 0 Å². The van der Waals surface area contributed by atoms with Crippen molar-refractivity contribution in [2.24, 2.45) is 0 Å². The van der Waals surface area contributed by atoms with Crippen molar-refractivity contribution in [2.45, 2.75) is 63.2 Å². The number of nitrogens with one attached hydrogen (secondary N) is 1. The number of benzene rings is 1. The van der Waals surface area contributed by atoms with E-state index >= 15 is 0 Å². The summed E-state index contributed by atoms with van der Waals surface area (Å²) in [7, 11) is 0. The maximum absolute atomic E-state index is 11.8. The molecule has 0 saturated carbocycles. The number of rotatable bonds is 6. The fourth-order valence-corrected chi connectivity index (χ4v) is 4.60. The number of piperidine rings is 1. The third-order valence-electron chi connectivity index (χ3n) is 6.34. The molecule has 6 nitrogen and oxygen atoms in total. The Morgan fingerprint density at radius 1 is 1.18 bits per heavy atom. The second kappa shape index (κ2) is 8.70. The van der Waals surface area contributed by atoms with Gasteiger partial charge in [0.15, 0.2) is 11.5 Å². The van der Waals surface area contributed by atoms with E-state index in [0.29, 0.717) is 6.61 Å². The van der Waals surface area contributed by atoms with Gasteiger partial charge in [0, 0.05) is 26.1 Å². The molecule has 154 valence electrons. The van der Waals surface area contributed by atoms with Gasteiger partial charge in [-0.15, -0.1) is 0 Å². The van der Waals surface area contributed by atoms with Gasteiger partial charge in [-0.1, -0.05) is 31.9 Å². The van der Waals surface area contributed by atoms with Crippen LogP contribution in [0.4, 0.5) is 0 Å². The minimum atomic E-state index is -0.178. The first-order valence-electron chi connectivity index (χ1n) is 10.7. The summed E-state index contributed by atoms with van der Waals surface area (Å²) in [6.07, 6.45) is 6.29. The summed E-state index contributed by atoms with van der Waals surface area (Å²) in [6, 6.07) is 8.02. The Morgan fingerprint density at radius 2 is 1.96 bits per heavy atom. The molecule has 3 aliphatic heterocycles. The number of nitrogens with zero attached hydrogens (tertiary/aromatic N) is 1. The Balaban J connectivity index is 1.26.